The van der Waals surface area contributed by atoms with Gasteiger partial charge >= 0.3 is 0 Å². The van der Waals surface area contributed by atoms with E-state index >= 15 is 0 Å². The van der Waals surface area contributed by atoms with Gasteiger partial charge in [-0.25, -0.2) is 0 Å². The average molecular weight is 425 g/mol. The maximum Gasteiger partial charge on any atom is 0.119 e. The normalized spacial score (nSPS) is 16.4. The zero-order valence-corrected chi connectivity index (χ0v) is 17.6. The van der Waals surface area contributed by atoms with Crippen molar-refractivity contribution in [1.82, 2.24) is 4.90 Å². The molecule has 140 valence electrons. The second-order valence-electron chi connectivity index (χ2n) is 7.23. The standard InChI is InChI=1S/C23H25BrN2O/c1-16-6-4-5-7-20(16)21(18-8-10-19(24)11-9-18)14-23(25-27)22-15-26(3)13-12-17(22)2/h4-12,15,21,23H,13-14H2,1-3H3. The monoisotopic (exact) mass is 424 g/mol. The van der Waals surface area contributed by atoms with Gasteiger partial charge in [0.1, 0.15) is 6.04 Å². The van der Waals surface area contributed by atoms with Crippen LogP contribution < -0.4 is 0 Å². The summed E-state index contributed by atoms with van der Waals surface area (Å²) in [7, 11) is 2.03. The molecule has 4 heteroatoms. The van der Waals surface area contributed by atoms with Crippen molar-refractivity contribution in [3.8, 4) is 0 Å². The Hall–Kier alpha value is -2.20. The van der Waals surface area contributed by atoms with Crippen molar-refractivity contribution in [2.24, 2.45) is 5.18 Å². The first-order chi connectivity index (χ1) is 13.0. The summed E-state index contributed by atoms with van der Waals surface area (Å²) in [5, 5.41) is 3.54. The minimum Gasteiger partial charge on any atom is -0.376 e. The van der Waals surface area contributed by atoms with Crippen LogP contribution in [-0.2, 0) is 0 Å². The Morgan fingerprint density at radius 1 is 1.11 bits per heavy atom. The van der Waals surface area contributed by atoms with Crippen LogP contribution >= 0.6 is 15.9 Å². The number of hydrogen-bond donors (Lipinski definition) is 0. The molecule has 1 aliphatic rings. The number of hydrogen-bond acceptors (Lipinski definition) is 3. The lowest BCUT2D eigenvalue weighted by Gasteiger charge is -2.27. The van der Waals surface area contributed by atoms with Crippen molar-refractivity contribution in [3.05, 3.63) is 98.0 Å². The molecule has 1 heterocycles. The van der Waals surface area contributed by atoms with Gasteiger partial charge in [-0.15, -0.1) is 0 Å². The summed E-state index contributed by atoms with van der Waals surface area (Å²) in [6, 6.07) is 16.4. The molecule has 3 nitrogen and oxygen atoms in total. The summed E-state index contributed by atoms with van der Waals surface area (Å²) in [6.07, 6.45) is 4.88. The van der Waals surface area contributed by atoms with E-state index in [1.807, 2.05) is 7.05 Å². The number of aryl methyl sites for hydroxylation is 1. The Morgan fingerprint density at radius 3 is 2.48 bits per heavy atom. The first kappa shape index (κ1) is 19.6. The van der Waals surface area contributed by atoms with E-state index in [4.69, 9.17) is 0 Å². The average Bonchev–Trinajstić information content (AvgIpc) is 2.67. The number of nitrogens with zero attached hydrogens (tertiary/aromatic N) is 2. The summed E-state index contributed by atoms with van der Waals surface area (Å²) in [5.41, 5.74) is 5.86. The Labute approximate surface area is 169 Å². The Morgan fingerprint density at radius 2 is 1.81 bits per heavy atom. The van der Waals surface area contributed by atoms with Gasteiger partial charge in [0.2, 0.25) is 0 Å². The molecule has 0 saturated heterocycles. The quantitative estimate of drug-likeness (QED) is 0.517. The summed E-state index contributed by atoms with van der Waals surface area (Å²) in [4.78, 5) is 13.9. The fourth-order valence-corrected chi connectivity index (χ4v) is 3.97. The molecular formula is C23H25BrN2O. The second-order valence-corrected chi connectivity index (χ2v) is 8.14. The molecule has 0 radical (unpaired) electrons. The number of rotatable bonds is 6. The van der Waals surface area contributed by atoms with Gasteiger partial charge < -0.3 is 4.90 Å². The summed E-state index contributed by atoms with van der Waals surface area (Å²) < 4.78 is 1.05. The third-order valence-electron chi connectivity index (χ3n) is 5.28. The Bertz CT molecular complexity index is 870. The van der Waals surface area contributed by atoms with Crippen LogP contribution in [0.25, 0.3) is 0 Å². The largest absolute Gasteiger partial charge is 0.376 e. The number of likely N-dealkylation sites (N-methyl/N-ethyl adjacent to an activating group) is 1. The van der Waals surface area contributed by atoms with E-state index in [1.54, 1.807) is 0 Å². The molecule has 0 saturated carbocycles. The van der Waals surface area contributed by atoms with Crippen LogP contribution in [0.3, 0.4) is 0 Å². The van der Waals surface area contributed by atoms with Crippen LogP contribution in [0.5, 0.6) is 0 Å². The lowest BCUT2D eigenvalue weighted by molar-refractivity contribution is 0.485. The van der Waals surface area contributed by atoms with Gasteiger partial charge in [-0.2, -0.15) is 4.91 Å². The molecule has 3 rings (SSSR count). The van der Waals surface area contributed by atoms with Gasteiger partial charge in [-0.05, 0) is 60.2 Å². The molecule has 0 amide bonds. The lowest BCUT2D eigenvalue weighted by atomic mass is 9.81. The molecule has 0 aliphatic carbocycles. The second kappa shape index (κ2) is 8.66. The van der Waals surface area contributed by atoms with Crippen molar-refractivity contribution in [2.75, 3.05) is 13.6 Å². The van der Waals surface area contributed by atoms with Crippen LogP contribution in [0.2, 0.25) is 0 Å². The van der Waals surface area contributed by atoms with E-state index in [9.17, 15) is 4.91 Å². The number of nitroso groups, excluding NO2 is 1. The topological polar surface area (TPSA) is 32.7 Å². The third kappa shape index (κ3) is 4.56. The molecule has 0 N–H and O–H groups in total. The van der Waals surface area contributed by atoms with E-state index in [1.165, 1.54) is 16.7 Å². The van der Waals surface area contributed by atoms with E-state index in [0.29, 0.717) is 6.42 Å². The molecule has 2 atom stereocenters. The fourth-order valence-electron chi connectivity index (χ4n) is 3.71. The Kier molecular flexibility index (Phi) is 6.27. The maximum absolute atomic E-state index is 11.8. The highest BCUT2D eigenvalue weighted by atomic mass is 79.9. The van der Waals surface area contributed by atoms with Gasteiger partial charge in [0.05, 0.1) is 0 Å². The van der Waals surface area contributed by atoms with Crippen molar-refractivity contribution in [3.63, 3.8) is 0 Å². The smallest absolute Gasteiger partial charge is 0.119 e. The van der Waals surface area contributed by atoms with Crippen molar-refractivity contribution < 1.29 is 0 Å². The minimum absolute atomic E-state index is 0.114. The summed E-state index contributed by atoms with van der Waals surface area (Å²) in [5.74, 6) is 0.114. The molecular weight excluding hydrogens is 400 g/mol. The van der Waals surface area contributed by atoms with Gasteiger partial charge in [0.25, 0.3) is 0 Å². The predicted molar refractivity (Wildman–Crippen MR) is 116 cm³/mol. The SMILES string of the molecule is CC1=CCN(C)C=C1C(CC(c1ccc(Br)cc1)c1ccccc1C)N=O. The van der Waals surface area contributed by atoms with Gasteiger partial charge in [-0.1, -0.05) is 63.6 Å². The van der Waals surface area contributed by atoms with Crippen LogP contribution in [0, 0.1) is 11.8 Å². The van der Waals surface area contributed by atoms with Gasteiger partial charge in [0.15, 0.2) is 0 Å². The molecule has 2 unspecified atom stereocenters. The minimum atomic E-state index is -0.378. The van der Waals surface area contributed by atoms with Crippen LogP contribution in [0.1, 0.15) is 36.0 Å². The van der Waals surface area contributed by atoms with E-state index in [0.717, 1.165) is 22.2 Å². The summed E-state index contributed by atoms with van der Waals surface area (Å²) >= 11 is 3.52. The third-order valence-corrected chi connectivity index (χ3v) is 5.81. The number of halogens is 1. The van der Waals surface area contributed by atoms with E-state index in [-0.39, 0.29) is 12.0 Å². The molecule has 27 heavy (non-hydrogen) atoms. The summed E-state index contributed by atoms with van der Waals surface area (Å²) in [6.45, 7) is 5.07. The van der Waals surface area contributed by atoms with Gasteiger partial charge in [0, 0.05) is 30.2 Å². The van der Waals surface area contributed by atoms with Gasteiger partial charge in [-0.3, -0.25) is 0 Å². The van der Waals surface area contributed by atoms with Crippen molar-refractivity contribution in [2.45, 2.75) is 32.2 Å². The highest BCUT2D eigenvalue weighted by Crippen LogP contribution is 2.36. The van der Waals surface area contributed by atoms with E-state index < -0.39 is 0 Å². The number of benzene rings is 2. The highest BCUT2D eigenvalue weighted by Gasteiger charge is 2.26. The molecule has 2 aromatic carbocycles. The van der Waals surface area contributed by atoms with Crippen LogP contribution in [0.15, 0.2) is 81.6 Å². The van der Waals surface area contributed by atoms with Crippen LogP contribution in [-0.4, -0.2) is 24.5 Å². The first-order valence-electron chi connectivity index (χ1n) is 9.22. The van der Waals surface area contributed by atoms with Crippen molar-refractivity contribution in [1.29, 1.82) is 0 Å². The molecule has 0 fully saturated rings. The predicted octanol–water partition coefficient (Wildman–Crippen LogP) is 6.19. The van der Waals surface area contributed by atoms with Crippen LogP contribution in [0.4, 0.5) is 0 Å². The fraction of sp³-hybridized carbons (Fsp3) is 0.304. The highest BCUT2D eigenvalue weighted by molar-refractivity contribution is 9.10. The molecule has 0 aromatic heterocycles. The zero-order chi connectivity index (χ0) is 19.4. The van der Waals surface area contributed by atoms with Crippen molar-refractivity contribution >= 4 is 15.9 Å². The first-order valence-corrected chi connectivity index (χ1v) is 10.0. The maximum atomic E-state index is 11.8. The Balaban J connectivity index is 2.00. The lowest BCUT2D eigenvalue weighted by Crippen LogP contribution is -2.23. The molecule has 0 bridgehead atoms. The molecule has 2 aromatic rings. The molecule has 1 aliphatic heterocycles. The van der Waals surface area contributed by atoms with E-state index in [2.05, 4.69) is 101 Å². The zero-order valence-electron chi connectivity index (χ0n) is 16.0. The molecule has 0 spiro atoms.